The number of amides is 1. The van der Waals surface area contributed by atoms with E-state index >= 15 is 0 Å². The highest BCUT2D eigenvalue weighted by molar-refractivity contribution is 7.99. The highest BCUT2D eigenvalue weighted by Crippen LogP contribution is 2.16. The summed E-state index contributed by atoms with van der Waals surface area (Å²) < 4.78 is 0.944. The molecule has 0 bridgehead atoms. The van der Waals surface area contributed by atoms with Crippen LogP contribution in [0.4, 0.5) is 5.69 Å². The third-order valence-corrected chi connectivity index (χ3v) is 4.92. The Bertz CT molecular complexity index is 1030. The third-order valence-electron chi connectivity index (χ3n) is 3.98. The number of nitrogen functional groups attached to an aromatic ring is 1. The van der Waals surface area contributed by atoms with E-state index in [0.717, 1.165) is 38.8 Å². The summed E-state index contributed by atoms with van der Waals surface area (Å²) in [5.74, 6) is 5.72. The number of nitrogens with one attached hydrogen (secondary N) is 1. The van der Waals surface area contributed by atoms with E-state index in [4.69, 9.17) is 5.84 Å². The molecule has 0 fully saturated rings. The van der Waals surface area contributed by atoms with Gasteiger partial charge in [-0.15, -0.1) is 10.2 Å². The first-order chi connectivity index (χ1) is 13.4. The minimum Gasteiger partial charge on any atom is -0.334 e. The number of anilines is 1. The first kappa shape index (κ1) is 19.6. The van der Waals surface area contributed by atoms with Crippen molar-refractivity contribution < 1.29 is 4.79 Å². The molecule has 0 aliphatic rings. The number of carbonyl (C=O) groups is 1. The van der Waals surface area contributed by atoms with Gasteiger partial charge in [0.15, 0.2) is 0 Å². The highest BCUT2D eigenvalue weighted by atomic mass is 32.2. The molecule has 0 saturated carbocycles. The highest BCUT2D eigenvalue weighted by Gasteiger charge is 2.13. The Balaban J connectivity index is 1.65. The molecule has 0 spiro atoms. The number of nitrogens with two attached hydrogens (primary N) is 1. The molecule has 0 saturated heterocycles. The summed E-state index contributed by atoms with van der Waals surface area (Å²) in [6.45, 7) is 3.94. The van der Waals surface area contributed by atoms with E-state index < -0.39 is 5.56 Å². The fourth-order valence-corrected chi connectivity index (χ4v) is 3.45. The average Bonchev–Trinajstić information content (AvgIpc) is 2.65. The van der Waals surface area contributed by atoms with E-state index in [-0.39, 0.29) is 22.5 Å². The van der Waals surface area contributed by atoms with Crippen LogP contribution >= 0.6 is 11.8 Å². The maximum absolute atomic E-state index is 12.4. The first-order valence-electron chi connectivity index (χ1n) is 8.71. The van der Waals surface area contributed by atoms with Crippen molar-refractivity contribution in [3.8, 4) is 0 Å². The van der Waals surface area contributed by atoms with Gasteiger partial charge in [-0.05, 0) is 42.7 Å². The lowest BCUT2D eigenvalue weighted by atomic mass is 10.1. The molecule has 0 aliphatic heterocycles. The van der Waals surface area contributed by atoms with Crippen LogP contribution in [-0.4, -0.2) is 26.5 Å². The molecule has 144 valence electrons. The Morgan fingerprint density at radius 1 is 1.11 bits per heavy atom. The Labute approximate surface area is 167 Å². The van der Waals surface area contributed by atoms with Gasteiger partial charge in [0.05, 0.1) is 5.75 Å². The van der Waals surface area contributed by atoms with Gasteiger partial charge in [-0.2, -0.15) is 4.68 Å². The standard InChI is InChI=1S/C20H21N5O2S/c1-13-8-14(2)10-16(9-13)22-18(26)12-28-20-24-23-17(19(27)25(20)21)11-15-6-4-3-5-7-15/h3-10H,11-12,21H2,1-2H3,(H,22,26). The summed E-state index contributed by atoms with van der Waals surface area (Å²) in [6.07, 6.45) is 0.349. The molecule has 2 aromatic carbocycles. The van der Waals surface area contributed by atoms with Gasteiger partial charge in [0, 0.05) is 12.1 Å². The topological polar surface area (TPSA) is 103 Å². The van der Waals surface area contributed by atoms with Crippen LogP contribution in [0.5, 0.6) is 0 Å². The molecule has 0 atom stereocenters. The molecule has 3 rings (SSSR count). The Kier molecular flexibility index (Phi) is 6.10. The number of hydrogen-bond donors (Lipinski definition) is 2. The fourth-order valence-electron chi connectivity index (χ4n) is 2.79. The van der Waals surface area contributed by atoms with Crippen LogP contribution in [0, 0.1) is 13.8 Å². The van der Waals surface area contributed by atoms with Crippen LogP contribution in [0.1, 0.15) is 22.4 Å². The molecule has 1 amide bonds. The summed E-state index contributed by atoms with van der Waals surface area (Å²) in [5, 5.41) is 11.0. The zero-order chi connectivity index (χ0) is 20.1. The van der Waals surface area contributed by atoms with Gasteiger partial charge in [0.2, 0.25) is 11.1 Å². The molecule has 1 aromatic heterocycles. The first-order valence-corrected chi connectivity index (χ1v) is 9.69. The number of rotatable bonds is 6. The minimum absolute atomic E-state index is 0.0658. The second kappa shape index (κ2) is 8.71. The fraction of sp³-hybridized carbons (Fsp3) is 0.200. The van der Waals surface area contributed by atoms with E-state index in [9.17, 15) is 9.59 Å². The number of thioether (sulfide) groups is 1. The number of benzene rings is 2. The number of nitrogens with zero attached hydrogens (tertiary/aromatic N) is 3. The van der Waals surface area contributed by atoms with E-state index in [1.54, 1.807) is 0 Å². The van der Waals surface area contributed by atoms with Crippen LogP contribution in [0.25, 0.3) is 0 Å². The van der Waals surface area contributed by atoms with Crippen molar-refractivity contribution in [2.75, 3.05) is 16.9 Å². The average molecular weight is 395 g/mol. The van der Waals surface area contributed by atoms with Gasteiger partial charge in [-0.25, -0.2) is 0 Å². The molecule has 1 heterocycles. The van der Waals surface area contributed by atoms with Gasteiger partial charge >= 0.3 is 0 Å². The van der Waals surface area contributed by atoms with Crippen LogP contribution in [0.15, 0.2) is 58.5 Å². The molecular weight excluding hydrogens is 374 g/mol. The van der Waals surface area contributed by atoms with Gasteiger partial charge in [0.25, 0.3) is 5.56 Å². The lowest BCUT2D eigenvalue weighted by molar-refractivity contribution is -0.113. The van der Waals surface area contributed by atoms with Crippen molar-refractivity contribution in [1.82, 2.24) is 14.9 Å². The van der Waals surface area contributed by atoms with Crippen molar-refractivity contribution in [3.63, 3.8) is 0 Å². The zero-order valence-electron chi connectivity index (χ0n) is 15.7. The molecule has 28 heavy (non-hydrogen) atoms. The van der Waals surface area contributed by atoms with Crippen molar-refractivity contribution in [3.05, 3.63) is 81.3 Å². The monoisotopic (exact) mass is 395 g/mol. The number of aryl methyl sites for hydroxylation is 2. The normalized spacial score (nSPS) is 10.6. The molecule has 0 unspecified atom stereocenters. The predicted octanol–water partition coefficient (Wildman–Crippen LogP) is 2.29. The number of aromatic nitrogens is 3. The minimum atomic E-state index is -0.420. The molecule has 3 aromatic rings. The summed E-state index contributed by atoms with van der Waals surface area (Å²) in [6, 6.07) is 15.3. The quantitative estimate of drug-likeness (QED) is 0.490. The van der Waals surface area contributed by atoms with Crippen molar-refractivity contribution in [2.24, 2.45) is 0 Å². The van der Waals surface area contributed by atoms with E-state index in [0.29, 0.717) is 6.42 Å². The number of carbonyl (C=O) groups excluding carboxylic acids is 1. The molecule has 7 nitrogen and oxygen atoms in total. The summed E-state index contributed by atoms with van der Waals surface area (Å²) >= 11 is 1.06. The van der Waals surface area contributed by atoms with Gasteiger partial charge in [-0.1, -0.05) is 48.2 Å². The third kappa shape index (κ3) is 4.98. The second-order valence-electron chi connectivity index (χ2n) is 6.48. The molecule has 0 radical (unpaired) electrons. The van der Waals surface area contributed by atoms with Crippen LogP contribution < -0.4 is 16.7 Å². The van der Waals surface area contributed by atoms with Crippen LogP contribution in [-0.2, 0) is 11.2 Å². The van der Waals surface area contributed by atoms with E-state index in [1.165, 1.54) is 0 Å². The van der Waals surface area contributed by atoms with Crippen LogP contribution in [0.2, 0.25) is 0 Å². The lowest BCUT2D eigenvalue weighted by Crippen LogP contribution is -2.34. The maximum atomic E-state index is 12.4. The molecule has 0 aliphatic carbocycles. The summed E-state index contributed by atoms with van der Waals surface area (Å²) in [5.41, 5.74) is 3.66. The lowest BCUT2D eigenvalue weighted by Gasteiger charge is -2.09. The predicted molar refractivity (Wildman–Crippen MR) is 111 cm³/mol. The van der Waals surface area contributed by atoms with Gasteiger partial charge in [-0.3, -0.25) is 9.59 Å². The SMILES string of the molecule is Cc1cc(C)cc(NC(=O)CSc2nnc(Cc3ccccc3)c(=O)n2N)c1. The van der Waals surface area contributed by atoms with Gasteiger partial charge < -0.3 is 11.2 Å². The molecule has 3 N–H and O–H groups in total. The van der Waals surface area contributed by atoms with Crippen LogP contribution in [0.3, 0.4) is 0 Å². The second-order valence-corrected chi connectivity index (χ2v) is 7.42. The largest absolute Gasteiger partial charge is 0.334 e. The zero-order valence-corrected chi connectivity index (χ0v) is 16.5. The van der Waals surface area contributed by atoms with E-state index in [1.807, 2.05) is 62.4 Å². The molecular formula is C20H21N5O2S. The van der Waals surface area contributed by atoms with Crippen molar-refractivity contribution >= 4 is 23.4 Å². The maximum Gasteiger partial charge on any atom is 0.294 e. The Morgan fingerprint density at radius 3 is 2.46 bits per heavy atom. The smallest absolute Gasteiger partial charge is 0.294 e. The summed E-state index contributed by atoms with van der Waals surface area (Å²) in [7, 11) is 0. The Hall–Kier alpha value is -3.13. The van der Waals surface area contributed by atoms with E-state index in [2.05, 4.69) is 15.5 Å². The summed E-state index contributed by atoms with van der Waals surface area (Å²) in [4.78, 5) is 24.6. The number of hydrogen-bond acceptors (Lipinski definition) is 6. The van der Waals surface area contributed by atoms with Gasteiger partial charge in [0.1, 0.15) is 5.69 Å². The molecule has 8 heteroatoms. The van der Waals surface area contributed by atoms with Crippen molar-refractivity contribution in [2.45, 2.75) is 25.4 Å². The Morgan fingerprint density at radius 2 is 1.79 bits per heavy atom. The van der Waals surface area contributed by atoms with Crippen molar-refractivity contribution in [1.29, 1.82) is 0 Å².